The Morgan fingerprint density at radius 3 is 2.41 bits per heavy atom. The Morgan fingerprint density at radius 2 is 1.72 bits per heavy atom. The normalized spacial score (nSPS) is 16.2. The summed E-state index contributed by atoms with van der Waals surface area (Å²) in [6.07, 6.45) is 0. The van der Waals surface area contributed by atoms with Crippen LogP contribution in [0.1, 0.15) is 5.89 Å². The van der Waals surface area contributed by atoms with Gasteiger partial charge in [-0.3, -0.25) is 4.90 Å². The molecule has 0 radical (unpaired) electrons. The van der Waals surface area contributed by atoms with Crippen molar-refractivity contribution in [3.63, 3.8) is 0 Å². The van der Waals surface area contributed by atoms with E-state index < -0.39 is 10.0 Å². The lowest BCUT2D eigenvalue weighted by Gasteiger charge is -2.33. The number of piperazine rings is 1. The molecule has 0 bridgehead atoms. The lowest BCUT2D eigenvalue weighted by molar-refractivity contribution is 0.163. The molecule has 152 valence electrons. The maximum atomic E-state index is 13.0. The van der Waals surface area contributed by atoms with Gasteiger partial charge in [0.05, 0.1) is 11.6 Å². The maximum Gasteiger partial charge on any atom is 0.244 e. The summed E-state index contributed by atoms with van der Waals surface area (Å²) in [5.74, 6) is 0.480. The van der Waals surface area contributed by atoms with E-state index in [4.69, 9.17) is 16.1 Å². The van der Waals surface area contributed by atoms with E-state index in [0.29, 0.717) is 50.0 Å². The maximum absolute atomic E-state index is 13.0. The van der Waals surface area contributed by atoms with E-state index in [1.54, 1.807) is 30.3 Å². The van der Waals surface area contributed by atoms with Gasteiger partial charge in [0, 0.05) is 31.7 Å². The number of rotatable bonds is 5. The third kappa shape index (κ3) is 4.32. The van der Waals surface area contributed by atoms with Crippen LogP contribution in [0.5, 0.6) is 0 Å². The second-order valence-electron chi connectivity index (χ2n) is 6.63. The molecule has 0 spiro atoms. The van der Waals surface area contributed by atoms with Crippen molar-refractivity contribution in [2.75, 3.05) is 26.2 Å². The van der Waals surface area contributed by atoms with Crippen LogP contribution in [0, 0.1) is 5.82 Å². The second kappa shape index (κ2) is 8.19. The van der Waals surface area contributed by atoms with Crippen molar-refractivity contribution in [3.05, 3.63) is 65.3 Å². The largest absolute Gasteiger partial charge is 0.338 e. The van der Waals surface area contributed by atoms with E-state index in [-0.39, 0.29) is 15.7 Å². The standard InChI is InChI=1S/C19H18ClFN4O3S/c20-16-3-1-2-4-17(16)29(26,27)25-11-9-24(10-12-25)13-18-22-19(23-28-18)14-5-7-15(21)8-6-14/h1-8H,9-13H2. The van der Waals surface area contributed by atoms with E-state index in [1.807, 2.05) is 4.90 Å². The van der Waals surface area contributed by atoms with Crippen LogP contribution in [-0.2, 0) is 16.6 Å². The predicted molar refractivity (Wildman–Crippen MR) is 105 cm³/mol. The van der Waals surface area contributed by atoms with Gasteiger partial charge in [0.25, 0.3) is 0 Å². The molecule has 0 saturated carbocycles. The van der Waals surface area contributed by atoms with Crippen LogP contribution in [-0.4, -0.2) is 53.9 Å². The van der Waals surface area contributed by atoms with Gasteiger partial charge in [0.15, 0.2) is 0 Å². The topological polar surface area (TPSA) is 79.5 Å². The molecule has 29 heavy (non-hydrogen) atoms. The van der Waals surface area contributed by atoms with Crippen molar-refractivity contribution >= 4 is 21.6 Å². The van der Waals surface area contributed by atoms with Crippen LogP contribution in [0.4, 0.5) is 4.39 Å². The molecule has 4 rings (SSSR count). The number of aromatic nitrogens is 2. The van der Waals surface area contributed by atoms with E-state index >= 15 is 0 Å². The average molecular weight is 437 g/mol. The molecule has 1 aliphatic rings. The first kappa shape index (κ1) is 20.0. The van der Waals surface area contributed by atoms with Gasteiger partial charge < -0.3 is 4.52 Å². The summed E-state index contributed by atoms with van der Waals surface area (Å²) >= 11 is 6.06. The highest BCUT2D eigenvalue weighted by atomic mass is 35.5. The minimum Gasteiger partial charge on any atom is -0.338 e. The molecule has 0 aliphatic carbocycles. The average Bonchev–Trinajstić information content (AvgIpc) is 3.17. The smallest absolute Gasteiger partial charge is 0.244 e. The molecule has 7 nitrogen and oxygen atoms in total. The van der Waals surface area contributed by atoms with Crippen LogP contribution < -0.4 is 0 Å². The Labute approximate surface area is 172 Å². The van der Waals surface area contributed by atoms with E-state index in [9.17, 15) is 12.8 Å². The molecule has 1 fully saturated rings. The van der Waals surface area contributed by atoms with Gasteiger partial charge in [-0.2, -0.15) is 9.29 Å². The Morgan fingerprint density at radius 1 is 1.03 bits per heavy atom. The van der Waals surface area contributed by atoms with Crippen molar-refractivity contribution < 1.29 is 17.3 Å². The molecule has 2 heterocycles. The van der Waals surface area contributed by atoms with E-state index in [0.717, 1.165) is 0 Å². The van der Waals surface area contributed by atoms with E-state index in [2.05, 4.69) is 10.1 Å². The second-order valence-corrected chi connectivity index (χ2v) is 8.94. The van der Waals surface area contributed by atoms with Gasteiger partial charge in [0.1, 0.15) is 10.7 Å². The fourth-order valence-corrected chi connectivity index (χ4v) is 5.06. The molecule has 1 aliphatic heterocycles. The molecule has 0 unspecified atom stereocenters. The molecule has 1 saturated heterocycles. The van der Waals surface area contributed by atoms with Gasteiger partial charge in [-0.25, -0.2) is 12.8 Å². The first-order valence-electron chi connectivity index (χ1n) is 8.99. The zero-order chi connectivity index (χ0) is 20.4. The van der Waals surface area contributed by atoms with Crippen LogP contribution in [0.3, 0.4) is 0 Å². The van der Waals surface area contributed by atoms with E-state index in [1.165, 1.54) is 22.5 Å². The molecule has 1 aromatic heterocycles. The molecule has 0 amide bonds. The Balaban J connectivity index is 1.38. The molecular weight excluding hydrogens is 419 g/mol. The Hall–Kier alpha value is -2.33. The van der Waals surface area contributed by atoms with Crippen molar-refractivity contribution in [1.29, 1.82) is 0 Å². The number of benzene rings is 2. The zero-order valence-electron chi connectivity index (χ0n) is 15.3. The van der Waals surface area contributed by atoms with Crippen molar-refractivity contribution in [1.82, 2.24) is 19.3 Å². The Bertz CT molecular complexity index is 1100. The highest BCUT2D eigenvalue weighted by Gasteiger charge is 2.30. The van der Waals surface area contributed by atoms with Crippen molar-refractivity contribution in [2.45, 2.75) is 11.4 Å². The first-order valence-corrected chi connectivity index (χ1v) is 10.8. The summed E-state index contributed by atoms with van der Waals surface area (Å²) in [6.45, 7) is 2.14. The molecule has 10 heteroatoms. The fourth-order valence-electron chi connectivity index (χ4n) is 3.15. The lowest BCUT2D eigenvalue weighted by atomic mass is 10.2. The highest BCUT2D eigenvalue weighted by molar-refractivity contribution is 7.89. The van der Waals surface area contributed by atoms with Crippen LogP contribution >= 0.6 is 11.6 Å². The van der Waals surface area contributed by atoms with Crippen LogP contribution in [0.15, 0.2) is 57.9 Å². The summed E-state index contributed by atoms with van der Waals surface area (Å²) in [7, 11) is -3.63. The first-order chi connectivity index (χ1) is 13.9. The summed E-state index contributed by atoms with van der Waals surface area (Å²) in [5.41, 5.74) is 0.664. The number of hydrogen-bond donors (Lipinski definition) is 0. The molecule has 0 N–H and O–H groups in total. The van der Waals surface area contributed by atoms with Gasteiger partial charge in [0.2, 0.25) is 21.7 Å². The summed E-state index contributed by atoms with van der Waals surface area (Å²) in [6, 6.07) is 12.3. The highest BCUT2D eigenvalue weighted by Crippen LogP contribution is 2.25. The van der Waals surface area contributed by atoms with Crippen LogP contribution in [0.25, 0.3) is 11.4 Å². The molecular formula is C19H18ClFN4O3S. The zero-order valence-corrected chi connectivity index (χ0v) is 16.9. The summed E-state index contributed by atoms with van der Waals surface area (Å²) < 4.78 is 45.4. The van der Waals surface area contributed by atoms with Crippen LogP contribution in [0.2, 0.25) is 5.02 Å². The summed E-state index contributed by atoms with van der Waals surface area (Å²) in [5, 5.41) is 4.15. The van der Waals surface area contributed by atoms with Gasteiger partial charge in [-0.1, -0.05) is 28.9 Å². The predicted octanol–water partition coefficient (Wildman–Crippen LogP) is 3.04. The SMILES string of the molecule is O=S(=O)(c1ccccc1Cl)N1CCN(Cc2nc(-c3ccc(F)cc3)no2)CC1. The number of sulfonamides is 1. The minimum atomic E-state index is -3.63. The van der Waals surface area contributed by atoms with Crippen molar-refractivity contribution in [3.8, 4) is 11.4 Å². The van der Waals surface area contributed by atoms with Gasteiger partial charge in [-0.15, -0.1) is 0 Å². The lowest BCUT2D eigenvalue weighted by Crippen LogP contribution is -2.48. The summed E-state index contributed by atoms with van der Waals surface area (Å²) in [4.78, 5) is 6.50. The van der Waals surface area contributed by atoms with Crippen molar-refractivity contribution in [2.24, 2.45) is 0 Å². The third-order valence-electron chi connectivity index (χ3n) is 4.72. The molecule has 0 atom stereocenters. The monoisotopic (exact) mass is 436 g/mol. The Kier molecular flexibility index (Phi) is 5.64. The molecule has 2 aromatic carbocycles. The fraction of sp³-hybridized carbons (Fsp3) is 0.263. The van der Waals surface area contributed by atoms with Gasteiger partial charge >= 0.3 is 0 Å². The third-order valence-corrected chi connectivity index (χ3v) is 7.11. The minimum absolute atomic E-state index is 0.121. The number of hydrogen-bond acceptors (Lipinski definition) is 6. The number of halogens is 2. The number of nitrogens with zero attached hydrogens (tertiary/aromatic N) is 4. The molecule has 3 aromatic rings. The van der Waals surface area contributed by atoms with Gasteiger partial charge in [-0.05, 0) is 36.4 Å². The quantitative estimate of drug-likeness (QED) is 0.611.